The second-order valence-electron chi connectivity index (χ2n) is 13.2. The third-order valence-corrected chi connectivity index (χ3v) is 7.35. The fraction of sp³-hybridized carbons (Fsp3) is 0.467. The van der Waals surface area contributed by atoms with Crippen LogP contribution in [0.25, 0.3) is 0 Å². The van der Waals surface area contributed by atoms with Crippen LogP contribution < -0.4 is 20.7 Å². The number of piperidine rings is 1. The number of benzene rings is 1. The minimum atomic E-state index is -3.69. The molecule has 0 aliphatic carbocycles. The molecule has 3 heterocycles. The Morgan fingerprint density at radius 3 is 2.05 bits per heavy atom. The molecule has 3 N–H and O–H groups in total. The van der Waals surface area contributed by atoms with Crippen molar-refractivity contribution in [3.05, 3.63) is 60.1 Å². The number of amides is 3. The van der Waals surface area contributed by atoms with Crippen molar-refractivity contribution in [1.29, 1.82) is 0 Å². The number of aromatic nitrogens is 2. The van der Waals surface area contributed by atoms with Crippen LogP contribution in [0.4, 0.5) is 22.0 Å². The van der Waals surface area contributed by atoms with Gasteiger partial charge in [0.2, 0.25) is 0 Å². The molecule has 3 amide bonds. The Kier molecular flexibility index (Phi) is 9.10. The predicted octanol–water partition coefficient (Wildman–Crippen LogP) is 5.56. The maximum absolute atomic E-state index is 12.8. The Morgan fingerprint density at radius 1 is 0.955 bits per heavy atom. The summed E-state index contributed by atoms with van der Waals surface area (Å²) < 4.78 is 40.4. The summed E-state index contributed by atoms with van der Waals surface area (Å²) in [5.41, 5.74) is -0.252. The second-order valence-corrected chi connectivity index (χ2v) is 14.7. The molecule has 0 atom stereocenters. The molecule has 44 heavy (non-hydrogen) atoms. The number of carbonyl (C=O) groups is 2. The first-order chi connectivity index (χ1) is 20.3. The first-order valence-corrected chi connectivity index (χ1v) is 15.9. The molecule has 0 saturated carbocycles. The quantitative estimate of drug-likeness (QED) is 0.288. The fourth-order valence-corrected chi connectivity index (χ4v) is 5.84. The van der Waals surface area contributed by atoms with Gasteiger partial charge in [-0.05, 0) is 64.1 Å². The highest BCUT2D eigenvalue weighted by Gasteiger charge is 2.49. The van der Waals surface area contributed by atoms with Crippen molar-refractivity contribution >= 4 is 39.2 Å². The van der Waals surface area contributed by atoms with Crippen LogP contribution in [0.2, 0.25) is 0 Å². The highest BCUT2D eigenvalue weighted by atomic mass is 32.2. The number of carbonyl (C=O) groups excluding carboxylic acids is 2. The van der Waals surface area contributed by atoms with Gasteiger partial charge in [0.25, 0.3) is 16.0 Å². The lowest BCUT2D eigenvalue weighted by Gasteiger charge is -2.52. The second kappa shape index (κ2) is 12.2. The number of nitrogens with zero attached hydrogens (tertiary/aromatic N) is 3. The zero-order valence-corrected chi connectivity index (χ0v) is 27.0. The van der Waals surface area contributed by atoms with Gasteiger partial charge in [-0.25, -0.2) is 9.78 Å². The molecule has 0 bridgehead atoms. The minimum absolute atomic E-state index is 0.193. The van der Waals surface area contributed by atoms with Crippen LogP contribution in [-0.4, -0.2) is 59.0 Å². The van der Waals surface area contributed by atoms with Crippen molar-refractivity contribution in [3.8, 4) is 5.75 Å². The number of rotatable bonds is 8. The SMILES string of the molecule is CC(C)(C)c1cc(NC(=O)Nc2ccc(NC(=O)c3ccc(OC4CC(C)(C)N(OS(C)(=O)=O)C(C)(C)C4)cn3)cc2)no1. The number of anilines is 3. The Hall–Kier alpha value is -4.01. The number of hydroxylamine groups is 2. The highest BCUT2D eigenvalue weighted by molar-refractivity contribution is 7.85. The molecule has 3 aromatic rings. The van der Waals surface area contributed by atoms with E-state index in [4.69, 9.17) is 13.5 Å². The van der Waals surface area contributed by atoms with Crippen molar-refractivity contribution in [1.82, 2.24) is 15.2 Å². The lowest BCUT2D eigenvalue weighted by atomic mass is 9.80. The summed E-state index contributed by atoms with van der Waals surface area (Å²) in [6, 6.07) is 11.0. The van der Waals surface area contributed by atoms with Gasteiger partial charge >= 0.3 is 6.03 Å². The molecule has 0 unspecified atom stereocenters. The van der Waals surface area contributed by atoms with Crippen LogP contribution >= 0.6 is 0 Å². The van der Waals surface area contributed by atoms with Crippen molar-refractivity contribution in [2.45, 2.75) is 83.9 Å². The molecular formula is C30H40N6O7S. The molecule has 14 heteroatoms. The number of urea groups is 1. The molecular weight excluding hydrogens is 588 g/mol. The fourth-order valence-electron chi connectivity index (χ4n) is 5.17. The molecule has 0 spiro atoms. The standard InChI is InChI=1S/C30H40N6O7S/c1-28(2,3)24-15-25(35-42-24)34-27(38)33-20-11-9-19(10-12-20)32-26(37)23-14-13-21(18-31-23)41-22-16-29(4,5)36(30(6,7)17-22)43-44(8,39)40/h9-15,18,22H,16-17H2,1-8H3,(H,32,37)(H2,33,34,35,38). The summed E-state index contributed by atoms with van der Waals surface area (Å²) in [5.74, 6) is 1.03. The first kappa shape index (κ1) is 32.9. The van der Waals surface area contributed by atoms with E-state index in [9.17, 15) is 18.0 Å². The lowest BCUT2D eigenvalue weighted by Crippen LogP contribution is -2.62. The van der Waals surface area contributed by atoms with Gasteiger partial charge in [-0.15, -0.1) is 0 Å². The third-order valence-electron chi connectivity index (χ3n) is 6.93. The van der Waals surface area contributed by atoms with E-state index < -0.39 is 33.1 Å². The average molecular weight is 629 g/mol. The van der Waals surface area contributed by atoms with Gasteiger partial charge in [-0.2, -0.15) is 17.8 Å². The van der Waals surface area contributed by atoms with E-state index in [1.807, 2.05) is 48.5 Å². The molecule has 4 rings (SSSR count). The van der Waals surface area contributed by atoms with Gasteiger partial charge in [-0.1, -0.05) is 25.9 Å². The Bertz CT molecular complexity index is 1580. The van der Waals surface area contributed by atoms with Gasteiger partial charge in [0, 0.05) is 46.8 Å². The van der Waals surface area contributed by atoms with Crippen LogP contribution in [0.5, 0.6) is 5.75 Å². The number of pyridine rings is 1. The summed E-state index contributed by atoms with van der Waals surface area (Å²) >= 11 is 0. The highest BCUT2D eigenvalue weighted by Crippen LogP contribution is 2.40. The van der Waals surface area contributed by atoms with Crippen LogP contribution in [0.15, 0.2) is 53.2 Å². The van der Waals surface area contributed by atoms with Crippen LogP contribution in [0.1, 0.15) is 77.6 Å². The van der Waals surface area contributed by atoms with Crippen molar-refractivity contribution in [2.24, 2.45) is 0 Å². The van der Waals surface area contributed by atoms with Gasteiger partial charge in [0.05, 0.1) is 12.5 Å². The van der Waals surface area contributed by atoms with Crippen LogP contribution in [0, 0.1) is 0 Å². The number of hydrogen-bond donors (Lipinski definition) is 3. The van der Waals surface area contributed by atoms with Crippen molar-refractivity contribution in [3.63, 3.8) is 0 Å². The number of hydrogen-bond acceptors (Lipinski definition) is 10. The Labute approximate surface area is 257 Å². The van der Waals surface area contributed by atoms with Gasteiger partial charge in [-0.3, -0.25) is 10.1 Å². The molecule has 1 saturated heterocycles. The Morgan fingerprint density at radius 2 is 1.55 bits per heavy atom. The minimum Gasteiger partial charge on any atom is -0.489 e. The summed E-state index contributed by atoms with van der Waals surface area (Å²) in [6.45, 7) is 13.5. The molecule has 0 radical (unpaired) electrons. The van der Waals surface area contributed by atoms with E-state index in [1.54, 1.807) is 42.5 Å². The van der Waals surface area contributed by atoms with E-state index in [-0.39, 0.29) is 17.2 Å². The normalized spacial score (nSPS) is 17.1. The summed E-state index contributed by atoms with van der Waals surface area (Å²) in [5, 5.41) is 13.5. The molecule has 2 aromatic heterocycles. The van der Waals surface area contributed by atoms with Crippen molar-refractivity contribution in [2.75, 3.05) is 22.2 Å². The molecule has 1 aliphatic heterocycles. The van der Waals surface area contributed by atoms with Gasteiger partial charge in [0.15, 0.2) is 5.82 Å². The monoisotopic (exact) mass is 628 g/mol. The summed E-state index contributed by atoms with van der Waals surface area (Å²) in [4.78, 5) is 29.4. The number of nitrogens with one attached hydrogen (secondary N) is 3. The zero-order valence-electron chi connectivity index (χ0n) is 26.2. The molecule has 13 nitrogen and oxygen atoms in total. The van der Waals surface area contributed by atoms with Gasteiger partial charge < -0.3 is 19.9 Å². The largest absolute Gasteiger partial charge is 0.489 e. The Balaban J connectivity index is 1.30. The van der Waals surface area contributed by atoms with Crippen LogP contribution in [0.3, 0.4) is 0 Å². The maximum Gasteiger partial charge on any atom is 0.324 e. The lowest BCUT2D eigenvalue weighted by molar-refractivity contribution is -0.228. The van der Waals surface area contributed by atoms with E-state index in [0.717, 1.165) is 6.26 Å². The summed E-state index contributed by atoms with van der Waals surface area (Å²) in [7, 11) is -3.69. The third kappa shape index (κ3) is 8.55. The van der Waals surface area contributed by atoms with E-state index in [1.165, 1.54) is 11.3 Å². The van der Waals surface area contributed by atoms with Crippen molar-refractivity contribution < 1.29 is 31.6 Å². The topological polar surface area (TPSA) is 165 Å². The van der Waals surface area contributed by atoms with E-state index in [2.05, 4.69) is 26.1 Å². The molecule has 1 fully saturated rings. The molecule has 1 aliphatic rings. The summed E-state index contributed by atoms with van der Waals surface area (Å²) in [6.07, 6.45) is 3.31. The first-order valence-electron chi connectivity index (χ1n) is 14.1. The van der Waals surface area contributed by atoms with Gasteiger partial charge in [0.1, 0.15) is 23.3 Å². The molecule has 238 valence electrons. The zero-order chi connectivity index (χ0) is 32.5. The van der Waals surface area contributed by atoms with E-state index >= 15 is 0 Å². The van der Waals surface area contributed by atoms with Crippen LogP contribution in [-0.2, 0) is 19.8 Å². The predicted molar refractivity (Wildman–Crippen MR) is 166 cm³/mol. The smallest absolute Gasteiger partial charge is 0.324 e. The van der Waals surface area contributed by atoms with E-state index in [0.29, 0.717) is 41.5 Å². The average Bonchev–Trinajstić information content (AvgIpc) is 3.36. The maximum atomic E-state index is 12.8. The number of ether oxygens (including phenoxy) is 1. The molecule has 1 aromatic carbocycles.